The third kappa shape index (κ3) is 1.18. The maximum absolute atomic E-state index is 5.53. The monoisotopic (exact) mass is 156 g/mol. The molecule has 1 saturated carbocycles. The van der Waals surface area contributed by atoms with E-state index >= 15 is 0 Å². The van der Waals surface area contributed by atoms with Gasteiger partial charge in [-0.25, -0.2) is 0 Å². The Morgan fingerprint density at radius 3 is 2.18 bits per heavy atom. The van der Waals surface area contributed by atoms with Crippen molar-refractivity contribution in [3.63, 3.8) is 0 Å². The average molecular weight is 156 g/mol. The summed E-state index contributed by atoms with van der Waals surface area (Å²) in [5.41, 5.74) is 0. The van der Waals surface area contributed by atoms with Crippen LogP contribution in [0.4, 0.5) is 0 Å². The zero-order valence-electron chi connectivity index (χ0n) is 7.30. The van der Waals surface area contributed by atoms with Crippen molar-refractivity contribution >= 4 is 0 Å². The van der Waals surface area contributed by atoms with Crippen LogP contribution in [0.1, 0.15) is 26.7 Å². The first-order chi connectivity index (χ1) is 5.22. The molecule has 2 nitrogen and oxygen atoms in total. The number of hydrogen-bond donors (Lipinski definition) is 0. The molecule has 0 aromatic carbocycles. The molecule has 2 aliphatic rings. The van der Waals surface area contributed by atoms with Crippen LogP contribution in [0, 0.1) is 11.8 Å². The summed E-state index contributed by atoms with van der Waals surface area (Å²) in [5.74, 6) is 1.48. The number of ether oxygens (including phenoxy) is 2. The summed E-state index contributed by atoms with van der Waals surface area (Å²) in [6.45, 7) is 6.13. The van der Waals surface area contributed by atoms with Gasteiger partial charge in [0.15, 0.2) is 5.79 Å². The Hall–Kier alpha value is -0.0800. The molecule has 1 aliphatic carbocycles. The van der Waals surface area contributed by atoms with Crippen LogP contribution in [-0.4, -0.2) is 19.0 Å². The molecule has 0 N–H and O–H groups in total. The molecular formula is C9H16O2. The van der Waals surface area contributed by atoms with Gasteiger partial charge in [0.05, 0.1) is 13.2 Å². The predicted molar refractivity (Wildman–Crippen MR) is 42.2 cm³/mol. The molecule has 0 aromatic rings. The summed E-state index contributed by atoms with van der Waals surface area (Å²) in [6.07, 6.45) is 2.23. The van der Waals surface area contributed by atoms with E-state index in [1.165, 1.54) is 0 Å². The second-order valence-corrected chi connectivity index (χ2v) is 4.02. The Morgan fingerprint density at radius 2 is 1.73 bits per heavy atom. The minimum Gasteiger partial charge on any atom is -0.348 e. The van der Waals surface area contributed by atoms with Crippen molar-refractivity contribution in [3.05, 3.63) is 0 Å². The van der Waals surface area contributed by atoms with E-state index in [0.717, 1.165) is 37.9 Å². The summed E-state index contributed by atoms with van der Waals surface area (Å²) in [4.78, 5) is 0. The quantitative estimate of drug-likeness (QED) is 0.576. The van der Waals surface area contributed by atoms with Crippen molar-refractivity contribution in [1.82, 2.24) is 0 Å². The van der Waals surface area contributed by atoms with Gasteiger partial charge >= 0.3 is 0 Å². The van der Waals surface area contributed by atoms with E-state index in [2.05, 4.69) is 13.8 Å². The van der Waals surface area contributed by atoms with Crippen molar-refractivity contribution in [2.75, 3.05) is 13.2 Å². The van der Waals surface area contributed by atoms with E-state index < -0.39 is 0 Å². The van der Waals surface area contributed by atoms with Gasteiger partial charge in [0.1, 0.15) is 0 Å². The first-order valence-corrected chi connectivity index (χ1v) is 4.50. The van der Waals surface area contributed by atoms with E-state index in [-0.39, 0.29) is 5.79 Å². The minimum absolute atomic E-state index is 0.130. The van der Waals surface area contributed by atoms with Gasteiger partial charge in [0.25, 0.3) is 0 Å². The Bertz CT molecular complexity index is 140. The highest BCUT2D eigenvalue weighted by molar-refractivity contribution is 4.91. The molecule has 0 bridgehead atoms. The second kappa shape index (κ2) is 2.46. The molecule has 0 unspecified atom stereocenters. The first-order valence-electron chi connectivity index (χ1n) is 4.50. The smallest absolute Gasteiger partial charge is 0.169 e. The largest absolute Gasteiger partial charge is 0.348 e. The maximum Gasteiger partial charge on any atom is 0.169 e. The molecule has 0 radical (unpaired) electrons. The number of hydrogen-bond acceptors (Lipinski definition) is 2. The van der Waals surface area contributed by atoms with Gasteiger partial charge in [-0.3, -0.25) is 0 Å². The van der Waals surface area contributed by atoms with Gasteiger partial charge in [0.2, 0.25) is 0 Å². The molecule has 11 heavy (non-hydrogen) atoms. The zero-order valence-corrected chi connectivity index (χ0v) is 7.30. The minimum atomic E-state index is -0.130. The van der Waals surface area contributed by atoms with Crippen LogP contribution in [-0.2, 0) is 9.47 Å². The van der Waals surface area contributed by atoms with Crippen LogP contribution in [0.25, 0.3) is 0 Å². The van der Waals surface area contributed by atoms with Crippen molar-refractivity contribution < 1.29 is 9.47 Å². The summed E-state index contributed by atoms with van der Waals surface area (Å²) >= 11 is 0. The molecular weight excluding hydrogens is 140 g/mol. The maximum atomic E-state index is 5.53. The van der Waals surface area contributed by atoms with Crippen molar-refractivity contribution in [1.29, 1.82) is 0 Å². The molecule has 0 aromatic heterocycles. The molecule has 1 heterocycles. The molecule has 1 spiro atoms. The summed E-state index contributed by atoms with van der Waals surface area (Å²) in [5, 5.41) is 0. The van der Waals surface area contributed by atoms with Gasteiger partial charge < -0.3 is 9.47 Å². The van der Waals surface area contributed by atoms with E-state index in [1.807, 2.05) is 0 Å². The highest BCUT2D eigenvalue weighted by Crippen LogP contribution is 2.47. The lowest BCUT2D eigenvalue weighted by Crippen LogP contribution is -2.46. The van der Waals surface area contributed by atoms with Crippen molar-refractivity contribution in [2.45, 2.75) is 32.5 Å². The number of rotatable bonds is 1. The molecule has 0 atom stereocenters. The molecule has 2 fully saturated rings. The van der Waals surface area contributed by atoms with Gasteiger partial charge in [-0.15, -0.1) is 0 Å². The van der Waals surface area contributed by atoms with Gasteiger partial charge in [-0.1, -0.05) is 13.8 Å². The van der Waals surface area contributed by atoms with Crippen LogP contribution in [0.5, 0.6) is 0 Å². The molecule has 64 valence electrons. The van der Waals surface area contributed by atoms with Gasteiger partial charge in [-0.2, -0.15) is 0 Å². The molecule has 0 amide bonds. The van der Waals surface area contributed by atoms with E-state index in [1.54, 1.807) is 0 Å². The fourth-order valence-electron chi connectivity index (χ4n) is 1.94. The van der Waals surface area contributed by atoms with Crippen LogP contribution in [0.15, 0.2) is 0 Å². The lowest BCUT2D eigenvalue weighted by molar-refractivity contribution is -0.236. The molecule has 2 heteroatoms. The summed E-state index contributed by atoms with van der Waals surface area (Å²) in [7, 11) is 0. The van der Waals surface area contributed by atoms with Gasteiger partial charge in [-0.05, 0) is 11.8 Å². The van der Waals surface area contributed by atoms with Crippen molar-refractivity contribution in [3.8, 4) is 0 Å². The van der Waals surface area contributed by atoms with Crippen LogP contribution < -0.4 is 0 Å². The lowest BCUT2D eigenvalue weighted by atomic mass is 9.72. The van der Waals surface area contributed by atoms with E-state index in [0.29, 0.717) is 0 Å². The topological polar surface area (TPSA) is 18.5 Å². The normalized spacial score (nSPS) is 29.7. The standard InChI is InChI=1S/C9H16O2/c1-7(2)8-5-9(6-8)10-3-4-11-9/h7-8H,3-6H2,1-2H3. The second-order valence-electron chi connectivity index (χ2n) is 4.02. The van der Waals surface area contributed by atoms with Crippen LogP contribution in [0.3, 0.4) is 0 Å². The molecule has 1 saturated heterocycles. The lowest BCUT2D eigenvalue weighted by Gasteiger charge is -2.44. The van der Waals surface area contributed by atoms with Crippen molar-refractivity contribution in [2.24, 2.45) is 11.8 Å². The fraction of sp³-hybridized carbons (Fsp3) is 1.00. The third-order valence-electron chi connectivity index (χ3n) is 2.90. The highest BCUT2D eigenvalue weighted by Gasteiger charge is 2.49. The third-order valence-corrected chi connectivity index (χ3v) is 2.90. The SMILES string of the molecule is CC(C)C1CC2(C1)OCCO2. The fourth-order valence-corrected chi connectivity index (χ4v) is 1.94. The van der Waals surface area contributed by atoms with E-state index in [9.17, 15) is 0 Å². The molecule has 1 aliphatic heterocycles. The highest BCUT2D eigenvalue weighted by atomic mass is 16.7. The summed E-state index contributed by atoms with van der Waals surface area (Å²) < 4.78 is 11.1. The Balaban J connectivity index is 1.86. The predicted octanol–water partition coefficient (Wildman–Crippen LogP) is 1.80. The zero-order chi connectivity index (χ0) is 7.90. The average Bonchev–Trinajstić information content (AvgIpc) is 2.29. The molecule has 2 rings (SSSR count). The first kappa shape index (κ1) is 7.56. The van der Waals surface area contributed by atoms with Gasteiger partial charge in [0, 0.05) is 12.8 Å². The van der Waals surface area contributed by atoms with Crippen LogP contribution >= 0.6 is 0 Å². The van der Waals surface area contributed by atoms with E-state index in [4.69, 9.17) is 9.47 Å². The Kier molecular flexibility index (Phi) is 1.69. The van der Waals surface area contributed by atoms with Crippen LogP contribution in [0.2, 0.25) is 0 Å². The Labute approximate surface area is 67.9 Å². The Morgan fingerprint density at radius 1 is 1.18 bits per heavy atom. The summed E-state index contributed by atoms with van der Waals surface area (Å²) in [6, 6.07) is 0.